The monoisotopic (exact) mass is 283 g/mol. The number of rotatable bonds is 2. The largest absolute Gasteiger partial charge is 0.416 e. The molecule has 0 aliphatic rings. The summed E-state index contributed by atoms with van der Waals surface area (Å²) in [4.78, 5) is 26.4. The minimum atomic E-state index is -4.53. The van der Waals surface area contributed by atoms with E-state index >= 15 is 0 Å². The van der Waals surface area contributed by atoms with Crippen LogP contribution in [0.15, 0.2) is 41.5 Å². The van der Waals surface area contributed by atoms with Crippen molar-refractivity contribution >= 4 is 5.91 Å². The van der Waals surface area contributed by atoms with E-state index in [0.717, 1.165) is 35.2 Å². The molecule has 0 unspecified atom stereocenters. The van der Waals surface area contributed by atoms with Crippen LogP contribution >= 0.6 is 0 Å². The summed E-state index contributed by atoms with van der Waals surface area (Å²) < 4.78 is 38.7. The maximum Gasteiger partial charge on any atom is 0.416 e. The summed E-state index contributed by atoms with van der Waals surface area (Å²) in [6.07, 6.45) is -2.26. The van der Waals surface area contributed by atoms with Gasteiger partial charge in [0, 0.05) is 18.1 Å². The van der Waals surface area contributed by atoms with E-state index in [-0.39, 0.29) is 5.69 Å². The Hall–Kier alpha value is -2.64. The van der Waals surface area contributed by atoms with Crippen LogP contribution in [0.3, 0.4) is 0 Å². The molecule has 2 aromatic rings. The van der Waals surface area contributed by atoms with Crippen molar-refractivity contribution in [3.63, 3.8) is 0 Å². The van der Waals surface area contributed by atoms with Crippen molar-refractivity contribution < 1.29 is 18.0 Å². The summed E-state index contributed by atoms with van der Waals surface area (Å²) >= 11 is 0. The van der Waals surface area contributed by atoms with E-state index in [2.05, 4.69) is 4.98 Å². The summed E-state index contributed by atoms with van der Waals surface area (Å²) in [7, 11) is 0. The molecule has 0 aliphatic heterocycles. The van der Waals surface area contributed by atoms with Crippen LogP contribution in [-0.4, -0.2) is 15.5 Å². The first-order valence-electron chi connectivity index (χ1n) is 5.36. The number of primary amides is 1. The average Bonchev–Trinajstić information content (AvgIpc) is 2.38. The average molecular weight is 283 g/mol. The number of hydrogen-bond donors (Lipinski definition) is 1. The molecular formula is C12H8F3N3O2. The molecular weight excluding hydrogens is 275 g/mol. The van der Waals surface area contributed by atoms with Gasteiger partial charge in [-0.3, -0.25) is 14.2 Å². The van der Waals surface area contributed by atoms with Gasteiger partial charge in [-0.25, -0.2) is 4.98 Å². The molecule has 0 spiro atoms. The second-order valence-corrected chi connectivity index (χ2v) is 3.86. The standard InChI is InChI=1S/C12H8F3N3O2/c13-12(14,15)7-2-1-3-8(6-7)18-5-4-17-9(10(16)19)11(18)20/h1-6H,(H2,16,19). The molecule has 0 atom stereocenters. The van der Waals surface area contributed by atoms with Crippen LogP contribution < -0.4 is 11.3 Å². The molecule has 1 aromatic carbocycles. The third-order valence-corrected chi connectivity index (χ3v) is 2.53. The van der Waals surface area contributed by atoms with E-state index in [0.29, 0.717) is 0 Å². The summed E-state index contributed by atoms with van der Waals surface area (Å²) in [5, 5.41) is 0. The second-order valence-electron chi connectivity index (χ2n) is 3.86. The third-order valence-electron chi connectivity index (χ3n) is 2.53. The number of halogens is 3. The van der Waals surface area contributed by atoms with E-state index in [1.54, 1.807) is 0 Å². The molecule has 8 heteroatoms. The van der Waals surface area contributed by atoms with Crippen molar-refractivity contribution in [2.75, 3.05) is 0 Å². The van der Waals surface area contributed by atoms with Gasteiger partial charge in [-0.2, -0.15) is 13.2 Å². The van der Waals surface area contributed by atoms with Gasteiger partial charge < -0.3 is 5.73 Å². The lowest BCUT2D eigenvalue weighted by atomic mass is 10.2. The molecule has 5 nitrogen and oxygen atoms in total. The quantitative estimate of drug-likeness (QED) is 0.903. The molecule has 1 heterocycles. The molecule has 0 bridgehead atoms. The summed E-state index contributed by atoms with van der Waals surface area (Å²) in [5.74, 6) is -1.05. The zero-order chi connectivity index (χ0) is 14.9. The zero-order valence-corrected chi connectivity index (χ0v) is 9.89. The highest BCUT2D eigenvalue weighted by Gasteiger charge is 2.30. The Morgan fingerprint density at radius 2 is 2.00 bits per heavy atom. The van der Waals surface area contributed by atoms with Crippen molar-refractivity contribution in [1.82, 2.24) is 9.55 Å². The Kier molecular flexibility index (Phi) is 3.31. The van der Waals surface area contributed by atoms with Crippen LogP contribution in [0.4, 0.5) is 13.2 Å². The Morgan fingerprint density at radius 3 is 2.60 bits per heavy atom. The van der Waals surface area contributed by atoms with Gasteiger partial charge in [0.1, 0.15) is 0 Å². The Balaban J connectivity index is 2.61. The van der Waals surface area contributed by atoms with Crippen LogP contribution in [0, 0.1) is 0 Å². The number of carbonyl (C=O) groups excluding carboxylic acids is 1. The summed E-state index contributed by atoms with van der Waals surface area (Å²) in [6.45, 7) is 0. The Bertz CT molecular complexity index is 722. The summed E-state index contributed by atoms with van der Waals surface area (Å²) in [6, 6.07) is 4.15. The minimum Gasteiger partial charge on any atom is -0.364 e. The highest BCUT2D eigenvalue weighted by Crippen LogP contribution is 2.30. The predicted octanol–water partition coefficient (Wildman–Crippen LogP) is 1.35. The molecule has 1 amide bonds. The van der Waals surface area contributed by atoms with Crippen molar-refractivity contribution in [3.8, 4) is 5.69 Å². The maximum absolute atomic E-state index is 12.6. The molecule has 104 valence electrons. The van der Waals surface area contributed by atoms with Gasteiger partial charge >= 0.3 is 6.18 Å². The molecule has 0 aliphatic carbocycles. The van der Waals surface area contributed by atoms with Gasteiger partial charge in [-0.15, -0.1) is 0 Å². The van der Waals surface area contributed by atoms with Crippen molar-refractivity contribution in [3.05, 3.63) is 58.3 Å². The van der Waals surface area contributed by atoms with Crippen LogP contribution in [0.2, 0.25) is 0 Å². The van der Waals surface area contributed by atoms with Gasteiger partial charge in [0.25, 0.3) is 11.5 Å². The Labute approximate surface area is 110 Å². The molecule has 2 N–H and O–H groups in total. The number of aromatic nitrogens is 2. The first kappa shape index (κ1) is 13.8. The summed E-state index contributed by atoms with van der Waals surface area (Å²) in [5.41, 5.74) is 2.62. The van der Waals surface area contributed by atoms with Crippen LogP contribution in [0.1, 0.15) is 16.1 Å². The van der Waals surface area contributed by atoms with Gasteiger partial charge in [0.2, 0.25) is 0 Å². The van der Waals surface area contributed by atoms with E-state index in [4.69, 9.17) is 5.73 Å². The maximum atomic E-state index is 12.6. The lowest BCUT2D eigenvalue weighted by molar-refractivity contribution is -0.137. The molecule has 0 saturated carbocycles. The topological polar surface area (TPSA) is 78.0 Å². The van der Waals surface area contributed by atoms with Crippen LogP contribution in [-0.2, 0) is 6.18 Å². The van der Waals surface area contributed by atoms with Crippen LogP contribution in [0.5, 0.6) is 0 Å². The van der Waals surface area contributed by atoms with Gasteiger partial charge in [-0.05, 0) is 18.2 Å². The smallest absolute Gasteiger partial charge is 0.364 e. The molecule has 0 radical (unpaired) electrons. The van der Waals surface area contributed by atoms with E-state index in [1.165, 1.54) is 6.07 Å². The zero-order valence-electron chi connectivity index (χ0n) is 9.89. The number of benzene rings is 1. The fourth-order valence-corrected chi connectivity index (χ4v) is 1.62. The molecule has 2 rings (SSSR count). The fraction of sp³-hybridized carbons (Fsp3) is 0.0833. The normalized spacial score (nSPS) is 11.3. The van der Waals surface area contributed by atoms with E-state index in [9.17, 15) is 22.8 Å². The fourth-order valence-electron chi connectivity index (χ4n) is 1.62. The van der Waals surface area contributed by atoms with Crippen molar-refractivity contribution in [1.29, 1.82) is 0 Å². The van der Waals surface area contributed by atoms with Gasteiger partial charge in [0.05, 0.1) is 5.56 Å². The van der Waals surface area contributed by atoms with Crippen molar-refractivity contribution in [2.24, 2.45) is 5.73 Å². The second kappa shape index (κ2) is 4.80. The number of nitrogens with zero attached hydrogens (tertiary/aromatic N) is 2. The Morgan fingerprint density at radius 1 is 1.30 bits per heavy atom. The van der Waals surface area contributed by atoms with Gasteiger partial charge in [-0.1, -0.05) is 6.07 Å². The molecule has 0 saturated heterocycles. The highest BCUT2D eigenvalue weighted by molar-refractivity contribution is 5.90. The third kappa shape index (κ3) is 2.53. The number of hydrogen-bond acceptors (Lipinski definition) is 3. The molecule has 0 fully saturated rings. The van der Waals surface area contributed by atoms with E-state index in [1.807, 2.05) is 0 Å². The highest BCUT2D eigenvalue weighted by atomic mass is 19.4. The molecule has 1 aromatic heterocycles. The predicted molar refractivity (Wildman–Crippen MR) is 63.4 cm³/mol. The number of carbonyl (C=O) groups is 1. The lowest BCUT2D eigenvalue weighted by Gasteiger charge is -2.10. The van der Waals surface area contributed by atoms with Gasteiger partial charge in [0.15, 0.2) is 5.69 Å². The minimum absolute atomic E-state index is 0.0327. The first-order chi connectivity index (χ1) is 9.30. The number of alkyl halides is 3. The van der Waals surface area contributed by atoms with Crippen LogP contribution in [0.25, 0.3) is 5.69 Å². The first-order valence-corrected chi connectivity index (χ1v) is 5.36. The lowest BCUT2D eigenvalue weighted by Crippen LogP contribution is -2.30. The number of amides is 1. The van der Waals surface area contributed by atoms with Crippen molar-refractivity contribution in [2.45, 2.75) is 6.18 Å². The number of nitrogens with two attached hydrogens (primary N) is 1. The molecule has 20 heavy (non-hydrogen) atoms. The SMILES string of the molecule is NC(=O)c1nccn(-c2cccc(C(F)(F)F)c2)c1=O. The van der Waals surface area contributed by atoms with E-state index < -0.39 is 28.9 Å².